The molecular weight excluding hydrogens is 378 g/mol. The second-order valence-corrected chi connectivity index (χ2v) is 8.20. The molecule has 0 aliphatic carbocycles. The Morgan fingerprint density at radius 3 is 2.41 bits per heavy atom. The van der Waals surface area contributed by atoms with Gasteiger partial charge in [-0.3, -0.25) is 4.98 Å². The molecule has 2 aromatic heterocycles. The number of rotatable bonds is 4. The number of likely N-dealkylation sites (N-methyl/N-ethyl adjacent to an activating group) is 1. The number of aromatic nitrogens is 2. The number of nitrogens with one attached hydrogen (secondary N) is 1. The molecule has 4 rings (SSSR count). The van der Waals surface area contributed by atoms with Crippen LogP contribution < -0.4 is 10.2 Å². The predicted octanol–water partition coefficient (Wildman–Crippen LogP) is 4.16. The molecule has 3 heterocycles. The lowest BCUT2D eigenvalue weighted by Gasteiger charge is -2.24. The van der Waals surface area contributed by atoms with Crippen molar-refractivity contribution in [3.63, 3.8) is 0 Å². The third kappa shape index (κ3) is 3.38. The minimum Gasteiger partial charge on any atom is -0.378 e. The summed E-state index contributed by atoms with van der Waals surface area (Å²) in [5, 5.41) is 4.22. The Morgan fingerprint density at radius 2 is 1.79 bits per heavy atom. The normalized spacial score (nSPS) is 18.8. The summed E-state index contributed by atoms with van der Waals surface area (Å²) >= 11 is 5.59. The molecular formula is C23H27N5S. The fraction of sp³-hybridized carbons (Fsp3) is 0.304. The third-order valence-corrected chi connectivity index (χ3v) is 6.16. The van der Waals surface area contributed by atoms with Crippen molar-refractivity contribution in [2.24, 2.45) is 0 Å². The molecule has 0 bridgehead atoms. The quantitative estimate of drug-likeness (QED) is 0.660. The molecule has 5 nitrogen and oxygen atoms in total. The first kappa shape index (κ1) is 19.5. The summed E-state index contributed by atoms with van der Waals surface area (Å²) < 4.78 is 2.32. The number of thiocarbonyl (C=S) groups is 1. The van der Waals surface area contributed by atoms with Gasteiger partial charge in [0.15, 0.2) is 5.11 Å². The van der Waals surface area contributed by atoms with Gasteiger partial charge in [-0.15, -0.1) is 0 Å². The van der Waals surface area contributed by atoms with Gasteiger partial charge in [-0.1, -0.05) is 6.07 Å². The van der Waals surface area contributed by atoms with E-state index < -0.39 is 0 Å². The lowest BCUT2D eigenvalue weighted by Crippen LogP contribution is -2.25. The Balaban J connectivity index is 1.77. The van der Waals surface area contributed by atoms with Crippen LogP contribution in [0.2, 0.25) is 0 Å². The van der Waals surface area contributed by atoms with Crippen LogP contribution in [-0.2, 0) is 0 Å². The van der Waals surface area contributed by atoms with E-state index in [1.54, 1.807) is 0 Å². The van der Waals surface area contributed by atoms with Crippen molar-refractivity contribution in [3.05, 3.63) is 77.4 Å². The monoisotopic (exact) mass is 405 g/mol. The molecule has 1 aliphatic rings. The van der Waals surface area contributed by atoms with Crippen LogP contribution in [0.15, 0.2) is 54.7 Å². The molecule has 2 atom stereocenters. The van der Waals surface area contributed by atoms with E-state index >= 15 is 0 Å². The number of hydrogen-bond donors (Lipinski definition) is 1. The van der Waals surface area contributed by atoms with E-state index in [-0.39, 0.29) is 12.1 Å². The van der Waals surface area contributed by atoms with E-state index in [0.717, 1.165) is 10.8 Å². The Kier molecular flexibility index (Phi) is 5.04. The summed E-state index contributed by atoms with van der Waals surface area (Å²) in [7, 11) is 6.17. The molecule has 150 valence electrons. The largest absolute Gasteiger partial charge is 0.378 e. The summed E-state index contributed by atoms with van der Waals surface area (Å²) in [5.41, 5.74) is 7.07. The number of anilines is 1. The van der Waals surface area contributed by atoms with Crippen molar-refractivity contribution in [2.75, 3.05) is 26.0 Å². The van der Waals surface area contributed by atoms with Gasteiger partial charge >= 0.3 is 0 Å². The molecule has 0 unspecified atom stereocenters. The van der Waals surface area contributed by atoms with E-state index in [2.05, 4.69) is 96.1 Å². The summed E-state index contributed by atoms with van der Waals surface area (Å²) in [5.74, 6) is 0. The highest BCUT2D eigenvalue weighted by molar-refractivity contribution is 7.80. The second-order valence-electron chi connectivity index (χ2n) is 7.81. The first-order valence-electron chi connectivity index (χ1n) is 9.79. The van der Waals surface area contributed by atoms with E-state index in [0.29, 0.717) is 0 Å². The zero-order valence-corrected chi connectivity index (χ0v) is 18.4. The SMILES string of the molecule is Cc1cc([C@@H]2[C@@H](c3ccccn3)NC(=S)N2C)c(C)n1-c1ccc(N(C)C)cc1. The van der Waals surface area contributed by atoms with E-state index in [4.69, 9.17) is 12.2 Å². The third-order valence-electron chi connectivity index (χ3n) is 5.75. The Labute approximate surface area is 178 Å². The average molecular weight is 406 g/mol. The minimum atomic E-state index is 0.0266. The summed E-state index contributed by atoms with van der Waals surface area (Å²) in [4.78, 5) is 8.85. The molecule has 3 aromatic rings. The van der Waals surface area contributed by atoms with Crippen LogP contribution in [0.3, 0.4) is 0 Å². The van der Waals surface area contributed by atoms with Gasteiger partial charge in [0.1, 0.15) is 0 Å². The van der Waals surface area contributed by atoms with Crippen LogP contribution in [0.25, 0.3) is 5.69 Å². The van der Waals surface area contributed by atoms with Gasteiger partial charge in [-0.2, -0.15) is 0 Å². The second kappa shape index (κ2) is 7.52. The maximum absolute atomic E-state index is 5.59. The van der Waals surface area contributed by atoms with E-state index in [1.165, 1.54) is 28.3 Å². The smallest absolute Gasteiger partial charge is 0.169 e. The molecule has 0 saturated carbocycles. The summed E-state index contributed by atoms with van der Waals surface area (Å²) in [6.45, 7) is 4.35. The number of hydrogen-bond acceptors (Lipinski definition) is 3. The molecule has 0 amide bonds. The fourth-order valence-electron chi connectivity index (χ4n) is 4.23. The van der Waals surface area contributed by atoms with E-state index in [9.17, 15) is 0 Å². The van der Waals surface area contributed by atoms with Gasteiger partial charge in [-0.25, -0.2) is 0 Å². The highest BCUT2D eigenvalue weighted by atomic mass is 32.1. The molecule has 1 aromatic carbocycles. The molecule has 29 heavy (non-hydrogen) atoms. The molecule has 1 saturated heterocycles. The van der Waals surface area contributed by atoms with Gasteiger partial charge in [0.25, 0.3) is 0 Å². The molecule has 1 N–H and O–H groups in total. The summed E-state index contributed by atoms with van der Waals surface area (Å²) in [6, 6.07) is 17.1. The molecule has 0 spiro atoms. The number of benzene rings is 1. The lowest BCUT2D eigenvalue weighted by atomic mass is 9.97. The van der Waals surface area contributed by atoms with Gasteiger partial charge in [0.2, 0.25) is 0 Å². The topological polar surface area (TPSA) is 36.3 Å². The van der Waals surface area contributed by atoms with Gasteiger partial charge in [-0.05, 0) is 74.1 Å². The van der Waals surface area contributed by atoms with Crippen LogP contribution in [0.4, 0.5) is 5.69 Å². The molecule has 1 aliphatic heterocycles. The lowest BCUT2D eigenvalue weighted by molar-refractivity contribution is 0.367. The van der Waals surface area contributed by atoms with Crippen LogP contribution in [0.1, 0.15) is 34.7 Å². The first-order chi connectivity index (χ1) is 13.9. The van der Waals surface area contributed by atoms with Crippen LogP contribution in [0, 0.1) is 13.8 Å². The van der Waals surface area contributed by atoms with Crippen LogP contribution >= 0.6 is 12.2 Å². The van der Waals surface area contributed by atoms with Crippen molar-refractivity contribution >= 4 is 23.0 Å². The predicted molar refractivity (Wildman–Crippen MR) is 123 cm³/mol. The highest BCUT2D eigenvalue weighted by Crippen LogP contribution is 2.40. The standard InChI is InChI=1S/C23H27N5S/c1-15-14-19(16(2)28(15)18-11-9-17(10-12-18)26(3)4)22-21(25-23(29)27(22)5)20-8-6-7-13-24-20/h6-14,21-22H,1-5H3,(H,25,29)/t21-,22-/m1/s1. The molecule has 1 fully saturated rings. The van der Waals surface area contributed by atoms with Crippen LogP contribution in [-0.4, -0.2) is 40.7 Å². The van der Waals surface area contributed by atoms with Gasteiger partial charge < -0.3 is 19.7 Å². The van der Waals surface area contributed by atoms with Crippen molar-refractivity contribution in [2.45, 2.75) is 25.9 Å². The number of pyridine rings is 1. The first-order valence-corrected chi connectivity index (χ1v) is 10.2. The summed E-state index contributed by atoms with van der Waals surface area (Å²) in [6.07, 6.45) is 1.84. The number of aryl methyl sites for hydroxylation is 1. The van der Waals surface area contributed by atoms with Crippen molar-refractivity contribution in [3.8, 4) is 5.69 Å². The maximum Gasteiger partial charge on any atom is 0.169 e. The zero-order valence-electron chi connectivity index (χ0n) is 17.5. The zero-order chi connectivity index (χ0) is 20.7. The average Bonchev–Trinajstić information content (AvgIpc) is 3.17. The number of nitrogens with zero attached hydrogens (tertiary/aromatic N) is 4. The van der Waals surface area contributed by atoms with E-state index in [1.807, 2.05) is 18.3 Å². The van der Waals surface area contributed by atoms with Gasteiger partial charge in [0, 0.05) is 50.1 Å². The minimum absolute atomic E-state index is 0.0266. The van der Waals surface area contributed by atoms with Gasteiger partial charge in [0.05, 0.1) is 17.8 Å². The Bertz CT molecular complexity index is 1020. The van der Waals surface area contributed by atoms with Crippen molar-refractivity contribution < 1.29 is 0 Å². The maximum atomic E-state index is 5.59. The molecule has 0 radical (unpaired) electrons. The van der Waals surface area contributed by atoms with Crippen LogP contribution in [0.5, 0.6) is 0 Å². The van der Waals surface area contributed by atoms with Crippen molar-refractivity contribution in [1.82, 2.24) is 19.8 Å². The Hall–Kier alpha value is -2.86. The molecule has 6 heteroatoms. The Morgan fingerprint density at radius 1 is 1.07 bits per heavy atom. The van der Waals surface area contributed by atoms with Crippen molar-refractivity contribution in [1.29, 1.82) is 0 Å². The highest BCUT2D eigenvalue weighted by Gasteiger charge is 2.39. The fourth-order valence-corrected chi connectivity index (χ4v) is 4.47.